The second-order valence-electron chi connectivity index (χ2n) is 5.62. The molecule has 5 heteroatoms. The summed E-state index contributed by atoms with van der Waals surface area (Å²) in [6.45, 7) is 4.36. The molecule has 0 radical (unpaired) electrons. The summed E-state index contributed by atoms with van der Waals surface area (Å²) in [5.41, 5.74) is 2.41. The lowest BCUT2D eigenvalue weighted by Gasteiger charge is -2.04. The minimum atomic E-state index is -0.232. The number of benzene rings is 1. The standard InChI is InChI=1S/C18H18N2OS2/c1-12(2)13-6-8-15-16(11-13)23-18(20(15)3)19-17(21)9-7-14-5-4-10-22-14/h4-12H,1-3H3. The molecular formula is C18H18N2OS2. The molecule has 3 nitrogen and oxygen atoms in total. The molecule has 0 aliphatic heterocycles. The van der Waals surface area contributed by atoms with Crippen molar-refractivity contribution in [2.45, 2.75) is 19.8 Å². The number of aromatic nitrogens is 1. The molecule has 0 N–H and O–H groups in total. The maximum absolute atomic E-state index is 12.1. The van der Waals surface area contributed by atoms with Crippen molar-refractivity contribution >= 4 is 44.9 Å². The van der Waals surface area contributed by atoms with Gasteiger partial charge in [0.1, 0.15) is 0 Å². The molecule has 0 aliphatic rings. The number of fused-ring (bicyclic) bond motifs is 1. The summed E-state index contributed by atoms with van der Waals surface area (Å²) in [5.74, 6) is 0.257. The summed E-state index contributed by atoms with van der Waals surface area (Å²) in [5, 5.41) is 1.99. The van der Waals surface area contributed by atoms with E-state index in [4.69, 9.17) is 0 Å². The molecule has 23 heavy (non-hydrogen) atoms. The van der Waals surface area contributed by atoms with Crippen molar-refractivity contribution in [1.82, 2.24) is 4.57 Å². The van der Waals surface area contributed by atoms with E-state index in [1.54, 1.807) is 28.7 Å². The lowest BCUT2D eigenvalue weighted by Crippen LogP contribution is -2.12. The minimum Gasteiger partial charge on any atom is -0.319 e. The smallest absolute Gasteiger partial charge is 0.272 e. The number of rotatable bonds is 3. The molecule has 0 saturated heterocycles. The van der Waals surface area contributed by atoms with E-state index < -0.39 is 0 Å². The molecule has 0 aliphatic carbocycles. The Labute approximate surface area is 143 Å². The molecule has 2 aromatic heterocycles. The molecule has 0 unspecified atom stereocenters. The highest BCUT2D eigenvalue weighted by Crippen LogP contribution is 2.23. The maximum Gasteiger partial charge on any atom is 0.272 e. The highest BCUT2D eigenvalue weighted by molar-refractivity contribution is 7.16. The third-order valence-corrected chi connectivity index (χ3v) is 5.57. The number of nitrogens with zero attached hydrogens (tertiary/aromatic N) is 2. The monoisotopic (exact) mass is 342 g/mol. The number of hydrogen-bond acceptors (Lipinski definition) is 3. The fraction of sp³-hybridized carbons (Fsp3) is 0.222. The van der Waals surface area contributed by atoms with E-state index in [1.165, 1.54) is 11.6 Å². The van der Waals surface area contributed by atoms with E-state index in [9.17, 15) is 4.79 Å². The van der Waals surface area contributed by atoms with Crippen molar-refractivity contribution in [2.24, 2.45) is 12.0 Å². The quantitative estimate of drug-likeness (QED) is 0.642. The van der Waals surface area contributed by atoms with Crippen LogP contribution in [-0.4, -0.2) is 10.5 Å². The molecule has 0 fully saturated rings. The molecule has 3 aromatic rings. The molecule has 0 saturated carbocycles. The zero-order chi connectivity index (χ0) is 16.4. The molecule has 0 spiro atoms. The van der Waals surface area contributed by atoms with Gasteiger partial charge in [-0.05, 0) is 41.1 Å². The van der Waals surface area contributed by atoms with Crippen LogP contribution in [0, 0.1) is 0 Å². The molecule has 118 valence electrons. The number of carbonyl (C=O) groups excluding carboxylic acids is 1. The van der Waals surface area contributed by atoms with Gasteiger partial charge in [-0.2, -0.15) is 4.99 Å². The number of hydrogen-bond donors (Lipinski definition) is 0. The number of thiazole rings is 1. The van der Waals surface area contributed by atoms with Gasteiger partial charge < -0.3 is 4.57 Å². The van der Waals surface area contributed by atoms with Crippen molar-refractivity contribution < 1.29 is 4.79 Å². The van der Waals surface area contributed by atoms with Gasteiger partial charge in [0.25, 0.3) is 5.91 Å². The predicted octanol–water partition coefficient (Wildman–Crippen LogP) is 4.57. The Hall–Kier alpha value is -1.98. The first-order valence-electron chi connectivity index (χ1n) is 7.44. The van der Waals surface area contributed by atoms with Crippen molar-refractivity contribution in [3.8, 4) is 0 Å². The van der Waals surface area contributed by atoms with Crippen LogP contribution in [0.2, 0.25) is 0 Å². The number of thiophene rings is 1. The highest BCUT2D eigenvalue weighted by Gasteiger charge is 2.06. The summed E-state index contributed by atoms with van der Waals surface area (Å²) in [7, 11) is 1.95. The van der Waals surface area contributed by atoms with Crippen LogP contribution in [0.4, 0.5) is 0 Å². The van der Waals surface area contributed by atoms with Gasteiger partial charge in [0.05, 0.1) is 10.2 Å². The number of aryl methyl sites for hydroxylation is 1. The van der Waals surface area contributed by atoms with Crippen LogP contribution in [0.3, 0.4) is 0 Å². The molecule has 0 atom stereocenters. The van der Waals surface area contributed by atoms with Gasteiger partial charge in [-0.3, -0.25) is 4.79 Å². The largest absolute Gasteiger partial charge is 0.319 e. The molecule has 1 aromatic carbocycles. The maximum atomic E-state index is 12.1. The van der Waals surface area contributed by atoms with Gasteiger partial charge >= 0.3 is 0 Å². The highest BCUT2D eigenvalue weighted by atomic mass is 32.1. The second-order valence-corrected chi connectivity index (χ2v) is 7.61. The number of carbonyl (C=O) groups is 1. The van der Waals surface area contributed by atoms with Crippen LogP contribution in [0.5, 0.6) is 0 Å². The zero-order valence-electron chi connectivity index (χ0n) is 13.3. The first-order valence-corrected chi connectivity index (χ1v) is 9.14. The molecule has 0 bridgehead atoms. The van der Waals surface area contributed by atoms with Crippen LogP contribution in [0.15, 0.2) is 46.8 Å². The van der Waals surface area contributed by atoms with E-state index in [-0.39, 0.29) is 5.91 Å². The van der Waals surface area contributed by atoms with Gasteiger partial charge in [-0.1, -0.05) is 37.3 Å². The van der Waals surface area contributed by atoms with Crippen LogP contribution in [-0.2, 0) is 11.8 Å². The topological polar surface area (TPSA) is 34.4 Å². The van der Waals surface area contributed by atoms with E-state index in [0.29, 0.717) is 5.92 Å². The first kappa shape index (κ1) is 15.9. The van der Waals surface area contributed by atoms with Crippen molar-refractivity contribution in [2.75, 3.05) is 0 Å². The lowest BCUT2D eigenvalue weighted by atomic mass is 10.0. The first-order chi connectivity index (χ1) is 11.0. The van der Waals surface area contributed by atoms with Gasteiger partial charge in [0, 0.05) is 18.0 Å². The Morgan fingerprint density at radius 2 is 2.13 bits per heavy atom. The Bertz CT molecular complexity index is 928. The van der Waals surface area contributed by atoms with Gasteiger partial charge in [0.15, 0.2) is 4.80 Å². The Balaban J connectivity index is 1.95. The van der Waals surface area contributed by atoms with Crippen molar-refractivity contribution in [3.05, 3.63) is 57.0 Å². The van der Waals surface area contributed by atoms with E-state index in [2.05, 4.69) is 37.0 Å². The fourth-order valence-electron chi connectivity index (χ4n) is 2.29. The van der Waals surface area contributed by atoms with E-state index in [0.717, 1.165) is 19.9 Å². The van der Waals surface area contributed by atoms with Crippen molar-refractivity contribution in [3.63, 3.8) is 0 Å². The average Bonchev–Trinajstić information content (AvgIpc) is 3.14. The third kappa shape index (κ3) is 3.51. The molecule has 1 amide bonds. The summed E-state index contributed by atoms with van der Waals surface area (Å²) in [4.78, 5) is 18.1. The second kappa shape index (κ2) is 6.64. The summed E-state index contributed by atoms with van der Waals surface area (Å²) >= 11 is 3.15. The normalized spacial score (nSPS) is 12.8. The van der Waals surface area contributed by atoms with E-state index >= 15 is 0 Å². The van der Waals surface area contributed by atoms with Crippen LogP contribution < -0.4 is 4.80 Å². The van der Waals surface area contributed by atoms with Crippen LogP contribution in [0.1, 0.15) is 30.2 Å². The SMILES string of the molecule is CC(C)c1ccc2c(c1)sc(=NC(=O)C=Cc1cccs1)n2C. The van der Waals surface area contributed by atoms with Crippen molar-refractivity contribution in [1.29, 1.82) is 0 Å². The van der Waals surface area contributed by atoms with E-state index in [1.807, 2.05) is 29.1 Å². The van der Waals surface area contributed by atoms with Gasteiger partial charge in [-0.25, -0.2) is 0 Å². The van der Waals surface area contributed by atoms with Crippen LogP contribution >= 0.6 is 22.7 Å². The molecule has 3 rings (SSSR count). The summed E-state index contributed by atoms with van der Waals surface area (Å²) in [6, 6.07) is 10.4. The minimum absolute atomic E-state index is 0.232. The zero-order valence-corrected chi connectivity index (χ0v) is 14.9. The Morgan fingerprint density at radius 3 is 2.83 bits per heavy atom. The Kier molecular flexibility index (Phi) is 4.59. The Morgan fingerprint density at radius 1 is 1.30 bits per heavy atom. The van der Waals surface area contributed by atoms with Crippen LogP contribution in [0.25, 0.3) is 16.3 Å². The summed E-state index contributed by atoms with van der Waals surface area (Å²) < 4.78 is 3.13. The van der Waals surface area contributed by atoms with Gasteiger partial charge in [0.2, 0.25) is 0 Å². The number of amides is 1. The fourth-order valence-corrected chi connectivity index (χ4v) is 3.98. The predicted molar refractivity (Wildman–Crippen MR) is 98.8 cm³/mol. The summed E-state index contributed by atoms with van der Waals surface area (Å²) in [6.07, 6.45) is 3.33. The lowest BCUT2D eigenvalue weighted by molar-refractivity contribution is -0.113. The third-order valence-electron chi connectivity index (χ3n) is 3.64. The molecule has 2 heterocycles. The molecular weight excluding hydrogens is 324 g/mol. The average molecular weight is 342 g/mol. The van der Waals surface area contributed by atoms with Gasteiger partial charge in [-0.15, -0.1) is 11.3 Å².